The molecule has 128 valence electrons. The number of thiazole rings is 1. The van der Waals surface area contributed by atoms with E-state index in [2.05, 4.69) is 15.0 Å². The third-order valence-corrected chi connectivity index (χ3v) is 6.42. The van der Waals surface area contributed by atoms with Crippen LogP contribution in [0, 0.1) is 6.92 Å². The number of sulfonamides is 1. The van der Waals surface area contributed by atoms with Crippen LogP contribution in [-0.2, 0) is 10.0 Å². The van der Waals surface area contributed by atoms with Crippen molar-refractivity contribution in [2.75, 3.05) is 5.32 Å². The third kappa shape index (κ3) is 3.89. The van der Waals surface area contributed by atoms with Crippen LogP contribution in [0.3, 0.4) is 0 Å². The molecule has 0 spiro atoms. The van der Waals surface area contributed by atoms with Crippen LogP contribution in [0.2, 0.25) is 10.0 Å². The van der Waals surface area contributed by atoms with Gasteiger partial charge in [-0.2, -0.15) is 0 Å². The summed E-state index contributed by atoms with van der Waals surface area (Å²) in [5.41, 5.74) is 0.0186. The van der Waals surface area contributed by atoms with Gasteiger partial charge in [-0.15, -0.1) is 11.3 Å². The number of rotatable bonds is 5. The fourth-order valence-electron chi connectivity index (χ4n) is 1.97. The van der Waals surface area contributed by atoms with Crippen LogP contribution >= 0.6 is 34.5 Å². The summed E-state index contributed by atoms with van der Waals surface area (Å²) in [6.45, 7) is 1.86. The molecule has 24 heavy (non-hydrogen) atoms. The predicted octanol–water partition coefficient (Wildman–Crippen LogP) is 3.45. The van der Waals surface area contributed by atoms with Crippen molar-refractivity contribution in [2.45, 2.75) is 30.7 Å². The van der Waals surface area contributed by atoms with E-state index in [1.165, 1.54) is 23.5 Å². The molecule has 2 N–H and O–H groups in total. The van der Waals surface area contributed by atoms with Crippen molar-refractivity contribution in [3.05, 3.63) is 38.8 Å². The maximum atomic E-state index is 12.4. The van der Waals surface area contributed by atoms with Gasteiger partial charge in [-0.05, 0) is 31.9 Å². The topological polar surface area (TPSA) is 88.2 Å². The fraction of sp³-hybridized carbons (Fsp3) is 0.286. The maximum absolute atomic E-state index is 12.4. The zero-order valence-corrected chi connectivity index (χ0v) is 15.6. The van der Waals surface area contributed by atoms with E-state index in [-0.39, 0.29) is 26.5 Å². The molecule has 1 fully saturated rings. The second-order valence-corrected chi connectivity index (χ2v) is 9.12. The summed E-state index contributed by atoms with van der Waals surface area (Å²) in [7, 11) is -3.80. The SMILES string of the molecule is Cc1cnc(NC(=O)c2cc(S(=O)(=O)NC3CC3)c(Cl)cc2Cl)s1. The van der Waals surface area contributed by atoms with Gasteiger partial charge in [0.25, 0.3) is 5.91 Å². The van der Waals surface area contributed by atoms with Gasteiger partial charge in [0.1, 0.15) is 4.90 Å². The summed E-state index contributed by atoms with van der Waals surface area (Å²) < 4.78 is 27.3. The molecule has 0 saturated heterocycles. The fourth-order valence-corrected chi connectivity index (χ4v) is 4.79. The Morgan fingerprint density at radius 3 is 2.58 bits per heavy atom. The van der Waals surface area contributed by atoms with Crippen molar-refractivity contribution in [1.29, 1.82) is 0 Å². The number of hydrogen-bond acceptors (Lipinski definition) is 5. The summed E-state index contributed by atoms with van der Waals surface area (Å²) in [4.78, 5) is 17.2. The first-order chi connectivity index (χ1) is 11.3. The molecule has 0 radical (unpaired) electrons. The Bertz CT molecular complexity index is 908. The van der Waals surface area contributed by atoms with Gasteiger partial charge in [-0.3, -0.25) is 10.1 Å². The Balaban J connectivity index is 1.92. The quantitative estimate of drug-likeness (QED) is 0.796. The van der Waals surface area contributed by atoms with Crippen LogP contribution < -0.4 is 10.0 Å². The molecular weight excluding hydrogens is 393 g/mol. The first-order valence-electron chi connectivity index (χ1n) is 7.01. The van der Waals surface area contributed by atoms with Gasteiger partial charge < -0.3 is 0 Å². The number of carbonyl (C=O) groups is 1. The Kier molecular flexibility index (Phi) is 4.85. The number of halogens is 2. The standard InChI is InChI=1S/C14H13Cl2N3O3S2/c1-7-6-17-14(23-7)18-13(20)9-4-12(11(16)5-10(9)15)24(21,22)19-8-2-3-8/h4-6,8,19H,2-3H2,1H3,(H,17,18,20). The van der Waals surface area contributed by atoms with Crippen molar-refractivity contribution in [3.63, 3.8) is 0 Å². The van der Waals surface area contributed by atoms with E-state index >= 15 is 0 Å². The number of benzene rings is 1. The highest BCUT2D eigenvalue weighted by Gasteiger charge is 2.30. The van der Waals surface area contributed by atoms with Crippen LogP contribution in [0.5, 0.6) is 0 Å². The molecule has 2 aromatic rings. The molecule has 1 aromatic carbocycles. The number of hydrogen-bond donors (Lipinski definition) is 2. The first kappa shape index (κ1) is 17.6. The largest absolute Gasteiger partial charge is 0.298 e. The Labute approximate surface area is 153 Å². The molecule has 6 nitrogen and oxygen atoms in total. The molecule has 1 aliphatic carbocycles. The normalized spacial score (nSPS) is 14.6. The smallest absolute Gasteiger partial charge is 0.259 e. The third-order valence-electron chi connectivity index (χ3n) is 3.30. The minimum Gasteiger partial charge on any atom is -0.298 e. The van der Waals surface area contributed by atoms with E-state index in [0.29, 0.717) is 5.13 Å². The predicted molar refractivity (Wildman–Crippen MR) is 94.6 cm³/mol. The lowest BCUT2D eigenvalue weighted by Gasteiger charge is -2.11. The van der Waals surface area contributed by atoms with Gasteiger partial charge in [0, 0.05) is 17.1 Å². The van der Waals surface area contributed by atoms with Crippen molar-refractivity contribution in [2.24, 2.45) is 0 Å². The van der Waals surface area contributed by atoms with Crippen LogP contribution in [0.4, 0.5) is 5.13 Å². The molecule has 1 amide bonds. The van der Waals surface area contributed by atoms with E-state index in [4.69, 9.17) is 23.2 Å². The van der Waals surface area contributed by atoms with Crippen molar-refractivity contribution < 1.29 is 13.2 Å². The van der Waals surface area contributed by atoms with Crippen LogP contribution in [0.1, 0.15) is 28.1 Å². The van der Waals surface area contributed by atoms with Gasteiger partial charge in [0.2, 0.25) is 10.0 Å². The molecule has 0 unspecified atom stereocenters. The highest BCUT2D eigenvalue weighted by molar-refractivity contribution is 7.89. The van der Waals surface area contributed by atoms with E-state index in [0.717, 1.165) is 17.7 Å². The van der Waals surface area contributed by atoms with Gasteiger partial charge >= 0.3 is 0 Å². The summed E-state index contributed by atoms with van der Waals surface area (Å²) >= 11 is 13.4. The number of aryl methyl sites for hydroxylation is 1. The number of aromatic nitrogens is 1. The molecular formula is C14H13Cl2N3O3S2. The second-order valence-electron chi connectivity index (χ2n) is 5.39. The molecule has 3 rings (SSSR count). The number of anilines is 1. The van der Waals surface area contributed by atoms with Crippen LogP contribution in [0.25, 0.3) is 0 Å². The highest BCUT2D eigenvalue weighted by atomic mass is 35.5. The van der Waals surface area contributed by atoms with Crippen molar-refractivity contribution >= 4 is 55.6 Å². The van der Waals surface area contributed by atoms with E-state index in [1.807, 2.05) is 6.92 Å². The molecule has 1 aromatic heterocycles. The van der Waals surface area contributed by atoms with Gasteiger partial charge in [-0.1, -0.05) is 23.2 Å². The molecule has 1 aliphatic rings. The van der Waals surface area contributed by atoms with Gasteiger partial charge in [0.15, 0.2) is 5.13 Å². The Morgan fingerprint density at radius 2 is 2.00 bits per heavy atom. The zero-order chi connectivity index (χ0) is 17.5. The molecule has 0 aliphatic heterocycles. The number of nitrogens with one attached hydrogen (secondary N) is 2. The first-order valence-corrected chi connectivity index (χ1v) is 10.1. The summed E-state index contributed by atoms with van der Waals surface area (Å²) in [6.07, 6.45) is 3.21. The van der Waals surface area contributed by atoms with Gasteiger partial charge in [-0.25, -0.2) is 18.1 Å². The summed E-state index contributed by atoms with van der Waals surface area (Å²) in [5, 5.41) is 3.04. The summed E-state index contributed by atoms with van der Waals surface area (Å²) in [6, 6.07) is 2.37. The van der Waals surface area contributed by atoms with E-state index in [9.17, 15) is 13.2 Å². The van der Waals surface area contributed by atoms with Crippen molar-refractivity contribution in [1.82, 2.24) is 9.71 Å². The number of amides is 1. The minimum absolute atomic E-state index is 0.0186. The molecule has 0 bridgehead atoms. The molecule has 1 saturated carbocycles. The lowest BCUT2D eigenvalue weighted by atomic mass is 10.2. The molecule has 0 atom stereocenters. The highest BCUT2D eigenvalue weighted by Crippen LogP contribution is 2.31. The second kappa shape index (κ2) is 6.61. The average molecular weight is 406 g/mol. The molecule has 10 heteroatoms. The maximum Gasteiger partial charge on any atom is 0.259 e. The number of carbonyl (C=O) groups excluding carboxylic acids is 1. The Hall–Kier alpha value is -1.19. The van der Waals surface area contributed by atoms with E-state index in [1.54, 1.807) is 6.20 Å². The van der Waals surface area contributed by atoms with Gasteiger partial charge in [0.05, 0.1) is 15.6 Å². The molecule has 1 heterocycles. The van der Waals surface area contributed by atoms with Crippen LogP contribution in [0.15, 0.2) is 23.2 Å². The lowest BCUT2D eigenvalue weighted by Crippen LogP contribution is -2.26. The Morgan fingerprint density at radius 1 is 1.29 bits per heavy atom. The lowest BCUT2D eigenvalue weighted by molar-refractivity contribution is 0.102. The number of nitrogens with zero attached hydrogens (tertiary/aromatic N) is 1. The van der Waals surface area contributed by atoms with Crippen LogP contribution in [-0.4, -0.2) is 25.4 Å². The minimum atomic E-state index is -3.80. The van der Waals surface area contributed by atoms with E-state index < -0.39 is 15.9 Å². The monoisotopic (exact) mass is 405 g/mol. The zero-order valence-electron chi connectivity index (χ0n) is 12.5. The average Bonchev–Trinajstić information content (AvgIpc) is 3.18. The van der Waals surface area contributed by atoms with Crippen molar-refractivity contribution in [3.8, 4) is 0 Å². The summed E-state index contributed by atoms with van der Waals surface area (Å²) in [5.74, 6) is -0.547.